The lowest BCUT2D eigenvalue weighted by atomic mass is 10.2. The molecule has 1 aromatic carbocycles. The molecular formula is C16H16N4O2. The van der Waals surface area contributed by atoms with Crippen molar-refractivity contribution in [3.05, 3.63) is 58.6 Å². The van der Waals surface area contributed by atoms with Gasteiger partial charge in [-0.1, -0.05) is 12.1 Å². The molecule has 0 aliphatic carbocycles. The predicted molar refractivity (Wildman–Crippen MR) is 85.1 cm³/mol. The third-order valence-electron chi connectivity index (χ3n) is 3.40. The highest BCUT2D eigenvalue weighted by molar-refractivity contribution is 5.74. The Morgan fingerprint density at radius 2 is 1.95 bits per heavy atom. The van der Waals surface area contributed by atoms with Crippen molar-refractivity contribution < 1.29 is 4.74 Å². The second-order valence-corrected chi connectivity index (χ2v) is 4.93. The van der Waals surface area contributed by atoms with Gasteiger partial charge in [-0.2, -0.15) is 0 Å². The van der Waals surface area contributed by atoms with Crippen LogP contribution >= 0.6 is 0 Å². The van der Waals surface area contributed by atoms with Crippen molar-refractivity contribution in [3.8, 4) is 5.75 Å². The fourth-order valence-corrected chi connectivity index (χ4v) is 2.12. The van der Waals surface area contributed by atoms with E-state index in [0.29, 0.717) is 23.4 Å². The van der Waals surface area contributed by atoms with Gasteiger partial charge < -0.3 is 14.6 Å². The minimum atomic E-state index is -0.155. The Hall–Kier alpha value is -2.89. The van der Waals surface area contributed by atoms with Crippen LogP contribution in [-0.4, -0.2) is 21.6 Å². The Morgan fingerprint density at radius 3 is 2.68 bits per heavy atom. The second kappa shape index (κ2) is 5.85. The Morgan fingerprint density at radius 1 is 1.18 bits per heavy atom. The summed E-state index contributed by atoms with van der Waals surface area (Å²) in [5.41, 5.74) is 1.91. The smallest absolute Gasteiger partial charge is 0.279 e. The molecule has 2 heterocycles. The van der Waals surface area contributed by atoms with Crippen LogP contribution in [0.5, 0.6) is 5.75 Å². The molecule has 0 aliphatic heterocycles. The third kappa shape index (κ3) is 2.76. The van der Waals surface area contributed by atoms with Gasteiger partial charge in [-0.05, 0) is 29.8 Å². The van der Waals surface area contributed by atoms with Crippen LogP contribution in [0, 0.1) is 0 Å². The molecule has 3 rings (SSSR count). The van der Waals surface area contributed by atoms with E-state index >= 15 is 0 Å². The summed E-state index contributed by atoms with van der Waals surface area (Å²) < 4.78 is 6.55. The number of benzene rings is 1. The first-order valence-corrected chi connectivity index (χ1v) is 6.86. The van der Waals surface area contributed by atoms with E-state index in [2.05, 4.69) is 15.3 Å². The molecule has 0 atom stereocenters. The van der Waals surface area contributed by atoms with Gasteiger partial charge in [0, 0.05) is 13.6 Å². The van der Waals surface area contributed by atoms with Crippen molar-refractivity contribution in [2.24, 2.45) is 7.05 Å². The van der Waals surface area contributed by atoms with Crippen LogP contribution in [0.2, 0.25) is 0 Å². The molecular weight excluding hydrogens is 280 g/mol. The molecule has 22 heavy (non-hydrogen) atoms. The van der Waals surface area contributed by atoms with Crippen LogP contribution in [0.15, 0.2) is 47.5 Å². The van der Waals surface area contributed by atoms with Crippen LogP contribution in [0.25, 0.3) is 11.0 Å². The molecule has 0 aliphatic rings. The number of hydrogen-bond acceptors (Lipinski definition) is 5. The van der Waals surface area contributed by atoms with Crippen molar-refractivity contribution in [1.82, 2.24) is 14.5 Å². The number of aromatic nitrogens is 3. The Labute approximate surface area is 127 Å². The molecule has 6 nitrogen and oxygen atoms in total. The standard InChI is InChI=1S/C16H16N4O2/c1-20-10-18-13-7-8-14(19-15(13)16(20)21)17-9-11-3-5-12(22-2)6-4-11/h3-8,10H,9H2,1-2H3,(H,17,19). The van der Waals surface area contributed by atoms with Gasteiger partial charge in [-0.15, -0.1) is 0 Å². The number of pyridine rings is 1. The van der Waals surface area contributed by atoms with E-state index in [1.807, 2.05) is 30.3 Å². The molecule has 0 amide bonds. The molecule has 2 aromatic heterocycles. The van der Waals surface area contributed by atoms with Crippen molar-refractivity contribution >= 4 is 16.9 Å². The number of fused-ring (bicyclic) bond motifs is 1. The summed E-state index contributed by atoms with van der Waals surface area (Å²) in [6.45, 7) is 0.614. The Kier molecular flexibility index (Phi) is 3.74. The molecule has 3 aromatic rings. The van der Waals surface area contributed by atoms with E-state index in [-0.39, 0.29) is 5.56 Å². The predicted octanol–water partition coefficient (Wildman–Crippen LogP) is 1.95. The van der Waals surface area contributed by atoms with E-state index in [9.17, 15) is 4.79 Å². The highest BCUT2D eigenvalue weighted by atomic mass is 16.5. The second-order valence-electron chi connectivity index (χ2n) is 4.93. The van der Waals surface area contributed by atoms with Gasteiger partial charge in [0.15, 0.2) is 5.52 Å². The first kappa shape index (κ1) is 14.1. The number of nitrogens with one attached hydrogen (secondary N) is 1. The largest absolute Gasteiger partial charge is 0.497 e. The van der Waals surface area contributed by atoms with E-state index < -0.39 is 0 Å². The van der Waals surface area contributed by atoms with Crippen LogP contribution in [-0.2, 0) is 13.6 Å². The topological polar surface area (TPSA) is 69.0 Å². The van der Waals surface area contributed by atoms with Crippen LogP contribution in [0.3, 0.4) is 0 Å². The zero-order valence-corrected chi connectivity index (χ0v) is 12.4. The number of aryl methyl sites for hydroxylation is 1. The maximum atomic E-state index is 12.0. The summed E-state index contributed by atoms with van der Waals surface area (Å²) in [5, 5.41) is 3.21. The van der Waals surface area contributed by atoms with Gasteiger partial charge in [0.1, 0.15) is 11.6 Å². The van der Waals surface area contributed by atoms with Crippen molar-refractivity contribution in [2.45, 2.75) is 6.54 Å². The van der Waals surface area contributed by atoms with Gasteiger partial charge in [-0.3, -0.25) is 4.79 Å². The fourth-order valence-electron chi connectivity index (χ4n) is 2.12. The summed E-state index contributed by atoms with van der Waals surface area (Å²) in [7, 11) is 3.30. The van der Waals surface area contributed by atoms with E-state index in [0.717, 1.165) is 11.3 Å². The zero-order chi connectivity index (χ0) is 15.5. The Bertz CT molecular complexity index is 856. The van der Waals surface area contributed by atoms with Gasteiger partial charge >= 0.3 is 0 Å². The van der Waals surface area contributed by atoms with Gasteiger partial charge in [-0.25, -0.2) is 9.97 Å². The molecule has 0 saturated carbocycles. The number of nitrogens with zero attached hydrogens (tertiary/aromatic N) is 3. The zero-order valence-electron chi connectivity index (χ0n) is 12.4. The highest BCUT2D eigenvalue weighted by Gasteiger charge is 2.05. The van der Waals surface area contributed by atoms with E-state index in [4.69, 9.17) is 4.74 Å². The average molecular weight is 296 g/mol. The lowest BCUT2D eigenvalue weighted by molar-refractivity contribution is 0.414. The lowest BCUT2D eigenvalue weighted by Gasteiger charge is -2.07. The van der Waals surface area contributed by atoms with Gasteiger partial charge in [0.2, 0.25) is 0 Å². The molecule has 0 bridgehead atoms. The number of methoxy groups -OCH3 is 1. The molecule has 0 radical (unpaired) electrons. The lowest BCUT2D eigenvalue weighted by Crippen LogP contribution is -2.18. The van der Waals surface area contributed by atoms with E-state index in [1.54, 1.807) is 20.2 Å². The summed E-state index contributed by atoms with van der Waals surface area (Å²) in [4.78, 5) is 20.6. The quantitative estimate of drug-likeness (QED) is 0.797. The maximum absolute atomic E-state index is 12.0. The first-order valence-electron chi connectivity index (χ1n) is 6.86. The van der Waals surface area contributed by atoms with Gasteiger partial charge in [0.05, 0.1) is 19.0 Å². The first-order chi connectivity index (χ1) is 10.7. The van der Waals surface area contributed by atoms with Crippen molar-refractivity contribution in [1.29, 1.82) is 0 Å². The fraction of sp³-hybridized carbons (Fsp3) is 0.188. The number of anilines is 1. The summed E-state index contributed by atoms with van der Waals surface area (Å²) in [6.07, 6.45) is 1.50. The number of hydrogen-bond donors (Lipinski definition) is 1. The number of ether oxygens (including phenoxy) is 1. The summed E-state index contributed by atoms with van der Waals surface area (Å²) >= 11 is 0. The normalized spacial score (nSPS) is 10.6. The van der Waals surface area contributed by atoms with Crippen LogP contribution in [0.4, 0.5) is 5.82 Å². The highest BCUT2D eigenvalue weighted by Crippen LogP contribution is 2.14. The van der Waals surface area contributed by atoms with Crippen LogP contribution < -0.4 is 15.6 Å². The molecule has 6 heteroatoms. The van der Waals surface area contributed by atoms with Gasteiger partial charge in [0.25, 0.3) is 5.56 Å². The monoisotopic (exact) mass is 296 g/mol. The summed E-state index contributed by atoms with van der Waals surface area (Å²) in [6, 6.07) is 11.4. The SMILES string of the molecule is COc1ccc(CNc2ccc3ncn(C)c(=O)c3n2)cc1. The molecule has 112 valence electrons. The van der Waals surface area contributed by atoms with Crippen molar-refractivity contribution in [2.75, 3.05) is 12.4 Å². The Balaban J connectivity index is 1.81. The summed E-state index contributed by atoms with van der Waals surface area (Å²) in [5.74, 6) is 1.47. The van der Waals surface area contributed by atoms with Crippen molar-refractivity contribution in [3.63, 3.8) is 0 Å². The van der Waals surface area contributed by atoms with E-state index in [1.165, 1.54) is 10.9 Å². The maximum Gasteiger partial charge on any atom is 0.279 e. The average Bonchev–Trinajstić information content (AvgIpc) is 2.57. The third-order valence-corrected chi connectivity index (χ3v) is 3.40. The minimum Gasteiger partial charge on any atom is -0.497 e. The van der Waals surface area contributed by atoms with Crippen LogP contribution in [0.1, 0.15) is 5.56 Å². The molecule has 1 N–H and O–H groups in total. The molecule has 0 spiro atoms. The number of rotatable bonds is 4. The minimum absolute atomic E-state index is 0.155. The molecule has 0 unspecified atom stereocenters. The molecule has 0 fully saturated rings. The molecule has 0 saturated heterocycles.